The lowest BCUT2D eigenvalue weighted by molar-refractivity contribution is -0.165. The molecule has 0 radical (unpaired) electrons. The molecule has 2 fully saturated rings. The van der Waals surface area contributed by atoms with Crippen LogP contribution in [0.4, 0.5) is 0 Å². The van der Waals surface area contributed by atoms with E-state index in [1.165, 1.54) is 13.2 Å². The lowest BCUT2D eigenvalue weighted by Crippen LogP contribution is -2.75. The van der Waals surface area contributed by atoms with E-state index in [1.54, 1.807) is 17.0 Å². The number of rotatable bonds is 10. The first-order valence-electron chi connectivity index (χ1n) is 14.7. The summed E-state index contributed by atoms with van der Waals surface area (Å²) in [6.45, 7) is 4.71. The van der Waals surface area contributed by atoms with Gasteiger partial charge in [0, 0.05) is 32.2 Å². The molecular formula is C32H41N3O6. The fourth-order valence-corrected chi connectivity index (χ4v) is 6.27. The minimum atomic E-state index is -0.884. The number of nitrogens with one attached hydrogen (secondary N) is 1. The van der Waals surface area contributed by atoms with Gasteiger partial charge in [-0.2, -0.15) is 0 Å². The monoisotopic (exact) mass is 563 g/mol. The molecule has 9 nitrogen and oxygen atoms in total. The molecule has 2 amide bonds. The predicted molar refractivity (Wildman–Crippen MR) is 155 cm³/mol. The molecule has 41 heavy (non-hydrogen) atoms. The van der Waals surface area contributed by atoms with Crippen LogP contribution in [-0.4, -0.2) is 76.3 Å². The Labute approximate surface area is 241 Å². The molecule has 2 aliphatic heterocycles. The molecule has 2 aromatic carbocycles. The number of hydrogen-bond donors (Lipinski definition) is 3. The average Bonchev–Trinajstić information content (AvgIpc) is 3.53. The van der Waals surface area contributed by atoms with Crippen LogP contribution < -0.4 is 14.8 Å². The standard InChI is InChI=1S/C32H41N3O6/c1-3-4-17-35-30(38)28(29(37)23-7-5-6-8-23)33-31(39)32(35)15-18-34(19-16-32)21-22-9-12-25(13-10-22)41-26-14-11-24(36)20-27(26)40-2/h5-6,9-14,20,23,28-29,36-37H,3-4,7-8,15-19,21H2,1-2H3,(H,33,39)/t28-,29-/m1/s1. The fraction of sp³-hybridized carbons (Fsp3) is 0.500. The van der Waals surface area contributed by atoms with E-state index < -0.39 is 17.7 Å². The van der Waals surface area contributed by atoms with Crippen molar-refractivity contribution in [1.82, 2.24) is 15.1 Å². The van der Waals surface area contributed by atoms with E-state index in [0.717, 1.165) is 37.8 Å². The molecule has 2 atom stereocenters. The molecular weight excluding hydrogens is 522 g/mol. The third-order valence-corrected chi connectivity index (χ3v) is 8.75. The topological polar surface area (TPSA) is 112 Å². The maximum Gasteiger partial charge on any atom is 0.248 e. The zero-order valence-electron chi connectivity index (χ0n) is 23.9. The Hall–Kier alpha value is -3.56. The van der Waals surface area contributed by atoms with E-state index in [9.17, 15) is 19.8 Å². The Balaban J connectivity index is 1.22. The molecule has 0 aromatic heterocycles. The van der Waals surface area contributed by atoms with Crippen molar-refractivity contribution in [1.29, 1.82) is 0 Å². The number of ether oxygens (including phenoxy) is 2. The SMILES string of the molecule is CCCCN1C(=O)[C@@H]([C@H](O)C2CC=CC2)NC(=O)C12CCN(Cc1ccc(Oc3ccc(O)cc3OC)cc1)CC2. The van der Waals surface area contributed by atoms with Crippen molar-refractivity contribution in [3.05, 3.63) is 60.2 Å². The molecule has 2 heterocycles. The van der Waals surface area contributed by atoms with Crippen LogP contribution in [0.1, 0.15) is 51.0 Å². The molecule has 0 unspecified atom stereocenters. The molecule has 220 valence electrons. The maximum atomic E-state index is 13.7. The number of amides is 2. The number of unbranched alkanes of at least 4 members (excludes halogenated alkanes) is 1. The number of phenols is 1. The van der Waals surface area contributed by atoms with Crippen molar-refractivity contribution in [2.24, 2.45) is 5.92 Å². The number of carbonyl (C=O) groups is 2. The van der Waals surface area contributed by atoms with E-state index in [1.807, 2.05) is 36.4 Å². The van der Waals surface area contributed by atoms with Crippen LogP contribution in [0.2, 0.25) is 0 Å². The van der Waals surface area contributed by atoms with Gasteiger partial charge in [0.2, 0.25) is 11.8 Å². The predicted octanol–water partition coefficient (Wildman–Crippen LogP) is 3.98. The number of aliphatic hydroxyl groups is 1. The van der Waals surface area contributed by atoms with E-state index >= 15 is 0 Å². The summed E-state index contributed by atoms with van der Waals surface area (Å²) in [7, 11) is 1.53. The van der Waals surface area contributed by atoms with Gasteiger partial charge in [-0.05, 0) is 67.9 Å². The number of allylic oxidation sites excluding steroid dienone is 2. The van der Waals surface area contributed by atoms with Crippen molar-refractivity contribution in [3.63, 3.8) is 0 Å². The Morgan fingerprint density at radius 2 is 1.76 bits per heavy atom. The summed E-state index contributed by atoms with van der Waals surface area (Å²) in [5.41, 5.74) is 0.250. The summed E-state index contributed by atoms with van der Waals surface area (Å²) in [5, 5.41) is 23.6. The van der Waals surface area contributed by atoms with Crippen molar-refractivity contribution >= 4 is 11.8 Å². The first-order valence-corrected chi connectivity index (χ1v) is 14.7. The molecule has 2 aromatic rings. The number of hydrogen-bond acceptors (Lipinski definition) is 7. The van der Waals surface area contributed by atoms with Gasteiger partial charge in [0.05, 0.1) is 13.2 Å². The summed E-state index contributed by atoms with van der Waals surface area (Å²) >= 11 is 0. The molecule has 1 aliphatic carbocycles. The summed E-state index contributed by atoms with van der Waals surface area (Å²) in [6, 6.07) is 11.7. The zero-order chi connectivity index (χ0) is 29.0. The van der Waals surface area contributed by atoms with Gasteiger partial charge in [-0.15, -0.1) is 0 Å². The van der Waals surface area contributed by atoms with Gasteiger partial charge in [-0.25, -0.2) is 0 Å². The Bertz CT molecular complexity index is 1250. The van der Waals surface area contributed by atoms with Gasteiger partial charge >= 0.3 is 0 Å². The van der Waals surface area contributed by atoms with Crippen molar-refractivity contribution in [2.45, 2.75) is 69.7 Å². The highest BCUT2D eigenvalue weighted by Crippen LogP contribution is 2.37. The molecule has 3 aliphatic rings. The van der Waals surface area contributed by atoms with Gasteiger partial charge in [-0.1, -0.05) is 37.6 Å². The van der Waals surface area contributed by atoms with Crippen molar-refractivity contribution in [2.75, 3.05) is 26.7 Å². The Morgan fingerprint density at radius 1 is 1.05 bits per heavy atom. The van der Waals surface area contributed by atoms with Crippen LogP contribution in [-0.2, 0) is 16.1 Å². The number of aromatic hydroxyl groups is 1. The number of methoxy groups -OCH3 is 1. The molecule has 3 N–H and O–H groups in total. The number of piperidine rings is 1. The van der Waals surface area contributed by atoms with Crippen LogP contribution >= 0.6 is 0 Å². The first-order chi connectivity index (χ1) is 19.8. The van der Waals surface area contributed by atoms with Crippen molar-refractivity contribution < 1.29 is 29.3 Å². The maximum absolute atomic E-state index is 13.7. The van der Waals surface area contributed by atoms with E-state index in [4.69, 9.17) is 9.47 Å². The molecule has 9 heteroatoms. The van der Waals surface area contributed by atoms with Crippen molar-refractivity contribution in [3.8, 4) is 23.0 Å². The number of phenolic OH excluding ortho intramolecular Hbond substituents is 1. The van der Waals surface area contributed by atoms with Gasteiger partial charge in [0.1, 0.15) is 23.1 Å². The van der Waals surface area contributed by atoms with Crippen LogP contribution in [0.3, 0.4) is 0 Å². The Kier molecular flexibility index (Phi) is 8.85. The molecule has 0 bridgehead atoms. The highest BCUT2D eigenvalue weighted by Gasteiger charge is 2.55. The highest BCUT2D eigenvalue weighted by atomic mass is 16.5. The summed E-state index contributed by atoms with van der Waals surface area (Å²) in [4.78, 5) is 31.5. The third-order valence-electron chi connectivity index (χ3n) is 8.75. The normalized spacial score (nSPS) is 21.7. The molecule has 5 rings (SSSR count). The zero-order valence-corrected chi connectivity index (χ0v) is 23.9. The first kappa shape index (κ1) is 29.0. The van der Waals surface area contributed by atoms with E-state index in [-0.39, 0.29) is 23.5 Å². The number of nitrogens with zero attached hydrogens (tertiary/aromatic N) is 2. The van der Waals surface area contributed by atoms with Crippen LogP contribution in [0.5, 0.6) is 23.0 Å². The average molecular weight is 564 g/mol. The van der Waals surface area contributed by atoms with Gasteiger partial charge in [-0.3, -0.25) is 14.5 Å². The minimum absolute atomic E-state index is 0.0342. The second-order valence-corrected chi connectivity index (χ2v) is 11.4. The van der Waals surface area contributed by atoms with Crippen LogP contribution in [0.15, 0.2) is 54.6 Å². The van der Waals surface area contributed by atoms with Gasteiger partial charge < -0.3 is 29.9 Å². The third kappa shape index (κ3) is 6.06. The molecule has 0 saturated carbocycles. The van der Waals surface area contributed by atoms with Crippen LogP contribution in [0.25, 0.3) is 0 Å². The van der Waals surface area contributed by atoms with E-state index in [0.29, 0.717) is 49.7 Å². The number of carbonyl (C=O) groups excluding carboxylic acids is 2. The summed E-state index contributed by atoms with van der Waals surface area (Å²) in [5.74, 6) is 1.42. The summed E-state index contributed by atoms with van der Waals surface area (Å²) < 4.78 is 11.2. The number of likely N-dealkylation sites (tertiary alicyclic amines) is 1. The van der Waals surface area contributed by atoms with Gasteiger partial charge in [0.15, 0.2) is 11.5 Å². The smallest absolute Gasteiger partial charge is 0.248 e. The lowest BCUT2D eigenvalue weighted by Gasteiger charge is -2.52. The summed E-state index contributed by atoms with van der Waals surface area (Å²) in [6.07, 6.45) is 7.50. The number of benzene rings is 2. The quantitative estimate of drug-likeness (QED) is 0.375. The minimum Gasteiger partial charge on any atom is -0.508 e. The number of aliphatic hydroxyl groups excluding tert-OH is 1. The Morgan fingerprint density at radius 3 is 2.41 bits per heavy atom. The van der Waals surface area contributed by atoms with Crippen LogP contribution in [0, 0.1) is 5.92 Å². The fourth-order valence-electron chi connectivity index (χ4n) is 6.27. The van der Waals surface area contributed by atoms with Gasteiger partial charge in [0.25, 0.3) is 0 Å². The number of piperazine rings is 1. The second-order valence-electron chi connectivity index (χ2n) is 11.4. The second kappa shape index (κ2) is 12.5. The van der Waals surface area contributed by atoms with E-state index in [2.05, 4.69) is 17.1 Å². The highest BCUT2D eigenvalue weighted by molar-refractivity contribution is 6.00. The lowest BCUT2D eigenvalue weighted by atomic mass is 9.79. The largest absolute Gasteiger partial charge is 0.508 e. The molecule has 2 saturated heterocycles. The molecule has 1 spiro atoms.